The molecule has 1 aromatic carbocycles. The van der Waals surface area contributed by atoms with Crippen LogP contribution in [-0.4, -0.2) is 34.7 Å². The summed E-state index contributed by atoms with van der Waals surface area (Å²) in [7, 11) is 1.26. The number of nitrogens with one attached hydrogen (secondary N) is 2. The first kappa shape index (κ1) is 20.0. The molecule has 0 bridgehead atoms. The second kappa shape index (κ2) is 9.40. The van der Waals surface area contributed by atoms with Crippen molar-refractivity contribution >= 4 is 35.2 Å². The Labute approximate surface area is 159 Å². The zero-order valence-electron chi connectivity index (χ0n) is 14.2. The molecule has 0 radical (unpaired) electrons. The first-order valence-corrected chi connectivity index (χ1v) is 9.08. The highest BCUT2D eigenvalue weighted by Crippen LogP contribution is 2.18. The second-order valence-electron chi connectivity index (χ2n) is 5.43. The SMILES string of the molecule is COC(=O)Cc1cc(=O)[nH]c(SCC(=O)N[C@@H](C)c2cccc(Cl)c2)n1. The van der Waals surface area contributed by atoms with Gasteiger partial charge in [0.1, 0.15) is 0 Å². The van der Waals surface area contributed by atoms with Gasteiger partial charge in [0.2, 0.25) is 5.91 Å². The number of esters is 1. The lowest BCUT2D eigenvalue weighted by atomic mass is 10.1. The van der Waals surface area contributed by atoms with Crippen LogP contribution in [0.25, 0.3) is 0 Å². The summed E-state index contributed by atoms with van der Waals surface area (Å²) in [6.07, 6.45) is -0.105. The van der Waals surface area contributed by atoms with E-state index in [1.807, 2.05) is 19.1 Å². The molecule has 0 aliphatic heterocycles. The molecule has 1 atom stereocenters. The van der Waals surface area contributed by atoms with Crippen LogP contribution >= 0.6 is 23.4 Å². The minimum Gasteiger partial charge on any atom is -0.469 e. The van der Waals surface area contributed by atoms with Crippen molar-refractivity contribution in [1.82, 2.24) is 15.3 Å². The van der Waals surface area contributed by atoms with Crippen molar-refractivity contribution in [3.63, 3.8) is 0 Å². The molecule has 0 saturated carbocycles. The maximum atomic E-state index is 12.1. The zero-order valence-corrected chi connectivity index (χ0v) is 15.8. The fourth-order valence-electron chi connectivity index (χ4n) is 2.14. The molecule has 2 aromatic rings. The predicted octanol–water partition coefficient (Wildman–Crippen LogP) is 2.11. The summed E-state index contributed by atoms with van der Waals surface area (Å²) in [4.78, 5) is 41.7. The van der Waals surface area contributed by atoms with Crippen LogP contribution in [0.4, 0.5) is 0 Å². The van der Waals surface area contributed by atoms with Crippen molar-refractivity contribution in [2.45, 2.75) is 24.5 Å². The number of aromatic amines is 1. The molecule has 9 heteroatoms. The molecule has 26 heavy (non-hydrogen) atoms. The van der Waals surface area contributed by atoms with Gasteiger partial charge in [-0.25, -0.2) is 4.98 Å². The summed E-state index contributed by atoms with van der Waals surface area (Å²) in [6.45, 7) is 1.85. The monoisotopic (exact) mass is 395 g/mol. The van der Waals surface area contributed by atoms with E-state index in [-0.39, 0.29) is 35.0 Å². The van der Waals surface area contributed by atoms with Crippen LogP contribution in [0.3, 0.4) is 0 Å². The predicted molar refractivity (Wildman–Crippen MR) is 99.3 cm³/mol. The van der Waals surface area contributed by atoms with Crippen molar-refractivity contribution in [3.05, 3.63) is 57.0 Å². The third-order valence-corrected chi connectivity index (χ3v) is 4.50. The summed E-state index contributed by atoms with van der Waals surface area (Å²) in [5.41, 5.74) is 0.785. The summed E-state index contributed by atoms with van der Waals surface area (Å²) >= 11 is 7.03. The van der Waals surface area contributed by atoms with E-state index in [2.05, 4.69) is 20.0 Å². The first-order chi connectivity index (χ1) is 12.4. The largest absolute Gasteiger partial charge is 0.469 e. The number of hydrogen-bond acceptors (Lipinski definition) is 6. The van der Waals surface area contributed by atoms with Gasteiger partial charge in [0.15, 0.2) is 5.16 Å². The number of benzene rings is 1. The van der Waals surface area contributed by atoms with Gasteiger partial charge in [0.05, 0.1) is 31.0 Å². The molecule has 0 aliphatic rings. The number of thioether (sulfide) groups is 1. The molecule has 1 amide bonds. The molecule has 7 nitrogen and oxygen atoms in total. The van der Waals surface area contributed by atoms with Gasteiger partial charge in [0.25, 0.3) is 5.56 Å². The smallest absolute Gasteiger partial charge is 0.311 e. The quantitative estimate of drug-likeness (QED) is 0.423. The number of ether oxygens (including phenoxy) is 1. The number of H-pyrrole nitrogens is 1. The van der Waals surface area contributed by atoms with Gasteiger partial charge in [-0.2, -0.15) is 0 Å². The van der Waals surface area contributed by atoms with E-state index in [1.54, 1.807) is 12.1 Å². The van der Waals surface area contributed by atoms with Crippen molar-refractivity contribution in [2.24, 2.45) is 0 Å². The van der Waals surface area contributed by atoms with Gasteiger partial charge < -0.3 is 15.0 Å². The second-order valence-corrected chi connectivity index (χ2v) is 6.83. The molecule has 2 rings (SSSR count). The van der Waals surface area contributed by atoms with Crippen LogP contribution in [0.5, 0.6) is 0 Å². The van der Waals surface area contributed by atoms with E-state index in [9.17, 15) is 14.4 Å². The molecule has 0 unspecified atom stereocenters. The summed E-state index contributed by atoms with van der Waals surface area (Å²) in [5, 5.41) is 3.72. The van der Waals surface area contributed by atoms with Crippen molar-refractivity contribution in [1.29, 1.82) is 0 Å². The van der Waals surface area contributed by atoms with Gasteiger partial charge in [-0.1, -0.05) is 35.5 Å². The van der Waals surface area contributed by atoms with Crippen molar-refractivity contribution in [3.8, 4) is 0 Å². The van der Waals surface area contributed by atoms with Crippen LogP contribution in [0.1, 0.15) is 24.2 Å². The van der Waals surface area contributed by atoms with Crippen LogP contribution in [-0.2, 0) is 20.7 Å². The van der Waals surface area contributed by atoms with E-state index in [0.29, 0.717) is 5.02 Å². The minimum atomic E-state index is -0.493. The Morgan fingerprint density at radius 2 is 2.15 bits per heavy atom. The van der Waals surface area contributed by atoms with Gasteiger partial charge in [-0.05, 0) is 24.6 Å². The minimum absolute atomic E-state index is 0.0650. The Hall–Kier alpha value is -2.32. The highest BCUT2D eigenvalue weighted by Gasteiger charge is 2.12. The standard InChI is InChI=1S/C17H18ClN3O4S/c1-10(11-4-3-5-12(18)6-11)19-15(23)9-26-17-20-13(7-14(22)21-17)8-16(24)25-2/h3-7,10H,8-9H2,1-2H3,(H,19,23)(H,20,21,22)/t10-/m0/s1. The molecule has 138 valence electrons. The topological polar surface area (TPSA) is 101 Å². The number of carbonyl (C=O) groups excluding carboxylic acids is 2. The van der Waals surface area contributed by atoms with Crippen LogP contribution in [0.15, 0.2) is 40.3 Å². The van der Waals surface area contributed by atoms with Crippen molar-refractivity contribution < 1.29 is 14.3 Å². The Morgan fingerprint density at radius 1 is 1.38 bits per heavy atom. The summed E-state index contributed by atoms with van der Waals surface area (Å²) < 4.78 is 4.55. The number of carbonyl (C=O) groups is 2. The summed E-state index contributed by atoms with van der Waals surface area (Å²) in [6, 6.07) is 8.26. The Morgan fingerprint density at radius 3 is 2.85 bits per heavy atom. The molecule has 2 N–H and O–H groups in total. The summed E-state index contributed by atoms with van der Waals surface area (Å²) in [5.74, 6) is -0.647. The highest BCUT2D eigenvalue weighted by molar-refractivity contribution is 7.99. The van der Waals surface area contributed by atoms with Crippen LogP contribution in [0, 0.1) is 0 Å². The molecule has 0 spiro atoms. The molecule has 0 aliphatic carbocycles. The van der Waals surface area contributed by atoms with Gasteiger partial charge >= 0.3 is 5.97 Å². The van der Waals surface area contributed by atoms with E-state index in [1.165, 1.54) is 13.2 Å². The Bertz CT molecular complexity index is 856. The molecule has 0 fully saturated rings. The number of amides is 1. The maximum Gasteiger partial charge on any atom is 0.311 e. The fourth-order valence-corrected chi connectivity index (χ4v) is 3.04. The maximum absolute atomic E-state index is 12.1. The van der Waals surface area contributed by atoms with E-state index >= 15 is 0 Å². The van der Waals surface area contributed by atoms with E-state index in [4.69, 9.17) is 11.6 Å². The zero-order chi connectivity index (χ0) is 19.1. The fraction of sp³-hybridized carbons (Fsp3) is 0.294. The molecule has 0 saturated heterocycles. The Kier molecular flexibility index (Phi) is 7.23. The van der Waals surface area contributed by atoms with Crippen LogP contribution < -0.4 is 10.9 Å². The third-order valence-electron chi connectivity index (χ3n) is 3.39. The number of halogens is 1. The number of nitrogens with zero attached hydrogens (tertiary/aromatic N) is 1. The lowest BCUT2D eigenvalue weighted by Crippen LogP contribution is -2.28. The molecule has 1 heterocycles. The number of methoxy groups -OCH3 is 1. The number of aromatic nitrogens is 2. The first-order valence-electron chi connectivity index (χ1n) is 7.72. The van der Waals surface area contributed by atoms with Crippen LogP contribution in [0.2, 0.25) is 5.02 Å². The Balaban J connectivity index is 1.94. The molecular weight excluding hydrogens is 378 g/mol. The van der Waals surface area contributed by atoms with E-state index < -0.39 is 11.5 Å². The van der Waals surface area contributed by atoms with Gasteiger partial charge in [-0.3, -0.25) is 14.4 Å². The van der Waals surface area contributed by atoms with E-state index in [0.717, 1.165) is 17.3 Å². The van der Waals surface area contributed by atoms with Crippen molar-refractivity contribution in [2.75, 3.05) is 12.9 Å². The highest BCUT2D eigenvalue weighted by atomic mass is 35.5. The van der Waals surface area contributed by atoms with Gasteiger partial charge in [0, 0.05) is 11.1 Å². The third kappa shape index (κ3) is 6.20. The normalized spacial score (nSPS) is 11.7. The lowest BCUT2D eigenvalue weighted by molar-refractivity contribution is -0.139. The average molecular weight is 396 g/mol. The van der Waals surface area contributed by atoms with Gasteiger partial charge in [-0.15, -0.1) is 0 Å². The lowest BCUT2D eigenvalue weighted by Gasteiger charge is -2.14. The number of rotatable bonds is 7. The molecular formula is C17H18ClN3O4S. The average Bonchev–Trinajstić information content (AvgIpc) is 2.59. The molecule has 1 aromatic heterocycles. The number of hydrogen-bond donors (Lipinski definition) is 2.